The van der Waals surface area contributed by atoms with Crippen LogP contribution in [0.15, 0.2) is 41.3 Å². The Morgan fingerprint density at radius 3 is 2.61 bits per heavy atom. The molecule has 0 aliphatic carbocycles. The highest BCUT2D eigenvalue weighted by molar-refractivity contribution is 7.98. The van der Waals surface area contributed by atoms with Gasteiger partial charge in [-0.25, -0.2) is 4.79 Å². The summed E-state index contributed by atoms with van der Waals surface area (Å²) in [6, 6.07) is 11.9. The highest BCUT2D eigenvalue weighted by atomic mass is 32.2. The van der Waals surface area contributed by atoms with Crippen LogP contribution in [0, 0.1) is 0 Å². The SMILES string of the molecule is CCCCCn1c2ccc(C(=O)O)cc2c2ccc(SC)cc21. The molecule has 0 aliphatic heterocycles. The summed E-state index contributed by atoms with van der Waals surface area (Å²) in [5.41, 5.74) is 2.67. The van der Waals surface area contributed by atoms with Crippen molar-refractivity contribution < 1.29 is 9.90 Å². The van der Waals surface area contributed by atoms with Crippen LogP contribution >= 0.6 is 11.8 Å². The fourth-order valence-electron chi connectivity index (χ4n) is 3.10. The van der Waals surface area contributed by atoms with E-state index >= 15 is 0 Å². The number of thioether (sulfide) groups is 1. The maximum atomic E-state index is 11.3. The molecule has 23 heavy (non-hydrogen) atoms. The van der Waals surface area contributed by atoms with Crippen LogP contribution in [-0.4, -0.2) is 21.9 Å². The number of hydrogen-bond acceptors (Lipinski definition) is 2. The maximum absolute atomic E-state index is 11.3. The quantitative estimate of drug-likeness (QED) is 0.486. The third-order valence-electron chi connectivity index (χ3n) is 4.31. The number of nitrogens with zero attached hydrogens (tertiary/aromatic N) is 1. The summed E-state index contributed by atoms with van der Waals surface area (Å²) >= 11 is 1.73. The minimum atomic E-state index is -0.875. The first kappa shape index (κ1) is 15.9. The van der Waals surface area contributed by atoms with Crippen molar-refractivity contribution in [2.75, 3.05) is 6.26 Å². The molecule has 2 aromatic carbocycles. The zero-order valence-electron chi connectivity index (χ0n) is 13.5. The Labute approximate surface area is 140 Å². The van der Waals surface area contributed by atoms with Crippen molar-refractivity contribution in [2.24, 2.45) is 0 Å². The van der Waals surface area contributed by atoms with E-state index in [1.54, 1.807) is 23.9 Å². The topological polar surface area (TPSA) is 42.2 Å². The standard InChI is InChI=1S/C19H21NO2S/c1-3-4-5-10-20-17-9-6-13(19(21)22)11-16(17)15-8-7-14(23-2)12-18(15)20/h6-9,11-12H,3-5,10H2,1-2H3,(H,21,22). The highest BCUT2D eigenvalue weighted by Gasteiger charge is 2.13. The molecule has 4 heteroatoms. The van der Waals surface area contributed by atoms with E-state index in [2.05, 4.69) is 35.9 Å². The van der Waals surface area contributed by atoms with Gasteiger partial charge in [0, 0.05) is 27.7 Å². The van der Waals surface area contributed by atoms with E-state index in [1.807, 2.05) is 6.07 Å². The van der Waals surface area contributed by atoms with Crippen molar-refractivity contribution in [3.63, 3.8) is 0 Å². The van der Waals surface area contributed by atoms with Gasteiger partial charge in [-0.1, -0.05) is 25.8 Å². The number of aromatic carboxylic acids is 1. The van der Waals surface area contributed by atoms with Crippen molar-refractivity contribution in [3.05, 3.63) is 42.0 Å². The van der Waals surface area contributed by atoms with Crippen LogP contribution in [0.1, 0.15) is 36.5 Å². The van der Waals surface area contributed by atoms with E-state index in [4.69, 9.17) is 0 Å². The lowest BCUT2D eigenvalue weighted by atomic mass is 10.1. The fraction of sp³-hybridized carbons (Fsp3) is 0.316. The number of rotatable bonds is 6. The third-order valence-corrected chi connectivity index (χ3v) is 5.03. The molecule has 0 amide bonds. The van der Waals surface area contributed by atoms with Crippen LogP contribution in [0.4, 0.5) is 0 Å². The zero-order chi connectivity index (χ0) is 16.4. The van der Waals surface area contributed by atoms with Gasteiger partial charge >= 0.3 is 5.97 Å². The molecule has 0 atom stereocenters. The van der Waals surface area contributed by atoms with Gasteiger partial charge in [-0.15, -0.1) is 11.8 Å². The number of aryl methyl sites for hydroxylation is 1. The van der Waals surface area contributed by atoms with Crippen molar-refractivity contribution in [2.45, 2.75) is 37.6 Å². The monoisotopic (exact) mass is 327 g/mol. The fourth-order valence-corrected chi connectivity index (χ4v) is 3.53. The van der Waals surface area contributed by atoms with E-state index in [9.17, 15) is 9.90 Å². The van der Waals surface area contributed by atoms with E-state index in [0.717, 1.165) is 29.3 Å². The minimum Gasteiger partial charge on any atom is -0.478 e. The molecule has 0 unspecified atom stereocenters. The first-order chi connectivity index (χ1) is 11.2. The van der Waals surface area contributed by atoms with Gasteiger partial charge in [-0.2, -0.15) is 0 Å². The maximum Gasteiger partial charge on any atom is 0.335 e. The summed E-state index contributed by atoms with van der Waals surface area (Å²) < 4.78 is 2.34. The molecular formula is C19H21NO2S. The molecule has 0 radical (unpaired) electrons. The first-order valence-electron chi connectivity index (χ1n) is 7.99. The van der Waals surface area contributed by atoms with Crippen LogP contribution in [0.25, 0.3) is 21.8 Å². The molecule has 0 saturated carbocycles. The van der Waals surface area contributed by atoms with E-state index in [0.29, 0.717) is 5.56 Å². The molecule has 1 aromatic heterocycles. The molecule has 3 nitrogen and oxygen atoms in total. The van der Waals surface area contributed by atoms with Crippen molar-refractivity contribution in [3.8, 4) is 0 Å². The molecule has 1 N–H and O–H groups in total. The normalized spacial score (nSPS) is 11.4. The van der Waals surface area contributed by atoms with Gasteiger partial charge in [0.05, 0.1) is 11.1 Å². The number of aromatic nitrogens is 1. The van der Waals surface area contributed by atoms with E-state index in [1.165, 1.54) is 23.3 Å². The lowest BCUT2D eigenvalue weighted by Crippen LogP contribution is -1.99. The smallest absolute Gasteiger partial charge is 0.335 e. The van der Waals surface area contributed by atoms with Crippen molar-refractivity contribution >= 4 is 39.5 Å². The van der Waals surface area contributed by atoms with Gasteiger partial charge in [0.2, 0.25) is 0 Å². The zero-order valence-corrected chi connectivity index (χ0v) is 14.3. The lowest BCUT2D eigenvalue weighted by molar-refractivity contribution is 0.0697. The Morgan fingerprint density at radius 2 is 1.91 bits per heavy atom. The van der Waals surface area contributed by atoms with Gasteiger partial charge in [-0.05, 0) is 43.0 Å². The van der Waals surface area contributed by atoms with E-state index in [-0.39, 0.29) is 0 Å². The molecule has 1 heterocycles. The molecule has 0 saturated heterocycles. The minimum absolute atomic E-state index is 0.346. The van der Waals surface area contributed by atoms with E-state index < -0.39 is 5.97 Å². The molecule has 3 rings (SSSR count). The average molecular weight is 327 g/mol. The molecule has 0 fully saturated rings. The summed E-state index contributed by atoms with van der Waals surface area (Å²) in [4.78, 5) is 12.5. The van der Waals surface area contributed by atoms with Crippen LogP contribution in [0.5, 0.6) is 0 Å². The number of carbonyl (C=O) groups is 1. The Balaban J connectivity index is 2.24. The van der Waals surface area contributed by atoms with Crippen LogP contribution < -0.4 is 0 Å². The number of fused-ring (bicyclic) bond motifs is 3. The van der Waals surface area contributed by atoms with Crippen molar-refractivity contribution in [1.82, 2.24) is 4.57 Å². The first-order valence-corrected chi connectivity index (χ1v) is 9.21. The molecule has 0 aliphatic rings. The largest absolute Gasteiger partial charge is 0.478 e. The van der Waals surface area contributed by atoms with Crippen LogP contribution in [-0.2, 0) is 6.54 Å². The summed E-state index contributed by atoms with van der Waals surface area (Å²) in [5, 5.41) is 11.4. The molecule has 0 bridgehead atoms. The number of hydrogen-bond donors (Lipinski definition) is 1. The van der Waals surface area contributed by atoms with Gasteiger partial charge in [0.15, 0.2) is 0 Å². The third kappa shape index (κ3) is 2.95. The van der Waals surface area contributed by atoms with Crippen LogP contribution in [0.3, 0.4) is 0 Å². The summed E-state index contributed by atoms with van der Waals surface area (Å²) in [7, 11) is 0. The Bertz CT molecular complexity index is 867. The second kappa shape index (κ2) is 6.67. The van der Waals surface area contributed by atoms with Gasteiger partial charge in [-0.3, -0.25) is 0 Å². The Kier molecular flexibility index (Phi) is 4.62. The lowest BCUT2D eigenvalue weighted by Gasteiger charge is -2.07. The molecule has 120 valence electrons. The number of unbranched alkanes of at least 4 members (excludes halogenated alkanes) is 2. The number of carboxylic acids is 1. The number of carboxylic acid groups (broad SMARTS) is 1. The average Bonchev–Trinajstić information content (AvgIpc) is 2.87. The Morgan fingerprint density at radius 1 is 1.09 bits per heavy atom. The number of benzene rings is 2. The second-order valence-electron chi connectivity index (χ2n) is 5.78. The summed E-state index contributed by atoms with van der Waals surface area (Å²) in [5.74, 6) is -0.875. The molecule has 0 spiro atoms. The molecular weight excluding hydrogens is 306 g/mol. The van der Waals surface area contributed by atoms with Crippen LogP contribution in [0.2, 0.25) is 0 Å². The Hall–Kier alpha value is -1.94. The highest BCUT2D eigenvalue weighted by Crippen LogP contribution is 2.32. The van der Waals surface area contributed by atoms with Crippen molar-refractivity contribution in [1.29, 1.82) is 0 Å². The predicted octanol–water partition coefficient (Wildman–Crippen LogP) is 5.40. The van der Waals surface area contributed by atoms with Gasteiger partial charge in [0.25, 0.3) is 0 Å². The van der Waals surface area contributed by atoms with Gasteiger partial charge < -0.3 is 9.67 Å². The predicted molar refractivity (Wildman–Crippen MR) is 97.7 cm³/mol. The summed E-state index contributed by atoms with van der Waals surface area (Å²) in [6.07, 6.45) is 5.61. The summed E-state index contributed by atoms with van der Waals surface area (Å²) in [6.45, 7) is 3.18. The second-order valence-corrected chi connectivity index (χ2v) is 6.66. The van der Waals surface area contributed by atoms with Gasteiger partial charge in [0.1, 0.15) is 0 Å². The molecule has 3 aromatic rings.